The minimum absolute atomic E-state index is 0.278. The Kier molecular flexibility index (Phi) is 5.77. The first kappa shape index (κ1) is 22.8. The molecule has 4 aromatic rings. The number of piperazine rings is 1. The minimum atomic E-state index is -3.34. The third-order valence-electron chi connectivity index (χ3n) is 6.75. The van der Waals surface area contributed by atoms with Crippen molar-refractivity contribution in [1.29, 1.82) is 0 Å². The quantitative estimate of drug-likeness (QED) is 0.353. The number of anilines is 4. The molecule has 1 saturated carbocycles. The third kappa shape index (κ3) is 4.61. The van der Waals surface area contributed by atoms with E-state index in [1.165, 1.54) is 5.69 Å². The molecule has 2 aliphatic rings. The number of hydrogen-bond donors (Lipinski definition) is 3. The summed E-state index contributed by atoms with van der Waals surface area (Å²) >= 11 is 0. The van der Waals surface area contributed by atoms with E-state index in [0.29, 0.717) is 11.6 Å². The number of fused-ring (bicyclic) bond motifs is 1. The molecule has 0 radical (unpaired) electrons. The van der Waals surface area contributed by atoms with Gasteiger partial charge in [0.05, 0.1) is 10.9 Å². The molecule has 0 spiro atoms. The Bertz CT molecular complexity index is 1510. The van der Waals surface area contributed by atoms with Crippen molar-refractivity contribution in [3.8, 4) is 5.69 Å². The van der Waals surface area contributed by atoms with Crippen LogP contribution in [0.4, 0.5) is 23.0 Å². The first-order chi connectivity index (χ1) is 17.5. The maximum Gasteiger partial charge on any atom is 0.235 e. The largest absolute Gasteiger partial charge is 0.369 e. The van der Waals surface area contributed by atoms with Crippen LogP contribution in [0.5, 0.6) is 0 Å². The van der Waals surface area contributed by atoms with Crippen LogP contribution in [0.1, 0.15) is 18.4 Å². The van der Waals surface area contributed by atoms with Gasteiger partial charge in [0.2, 0.25) is 16.0 Å². The number of benzene rings is 2. The summed E-state index contributed by atoms with van der Waals surface area (Å²) in [6.45, 7) is 5.92. The number of sulfonamides is 1. The second-order valence-electron chi connectivity index (χ2n) is 9.41. The maximum atomic E-state index is 12.5. The Balaban J connectivity index is 1.25. The minimum Gasteiger partial charge on any atom is -0.369 e. The first-order valence-corrected chi connectivity index (χ1v) is 13.8. The summed E-state index contributed by atoms with van der Waals surface area (Å²) in [6, 6.07) is 16.0. The smallest absolute Gasteiger partial charge is 0.235 e. The highest BCUT2D eigenvalue weighted by molar-refractivity contribution is 7.93. The third-order valence-corrected chi connectivity index (χ3v) is 8.60. The van der Waals surface area contributed by atoms with Crippen LogP contribution in [0.3, 0.4) is 0 Å². The summed E-state index contributed by atoms with van der Waals surface area (Å²) in [5.41, 5.74) is 5.16. The average molecular weight is 504 g/mol. The molecular weight excluding hydrogens is 474 g/mol. The van der Waals surface area contributed by atoms with Gasteiger partial charge in [-0.05, 0) is 67.8 Å². The van der Waals surface area contributed by atoms with Crippen molar-refractivity contribution in [2.24, 2.45) is 0 Å². The van der Waals surface area contributed by atoms with E-state index in [-0.39, 0.29) is 5.25 Å². The molecule has 36 heavy (non-hydrogen) atoms. The highest BCUT2D eigenvalue weighted by atomic mass is 32.2. The Morgan fingerprint density at radius 2 is 1.75 bits per heavy atom. The summed E-state index contributed by atoms with van der Waals surface area (Å²) in [5.74, 6) is 0.499. The summed E-state index contributed by atoms with van der Waals surface area (Å²) < 4.78 is 29.7. The highest BCUT2D eigenvalue weighted by Gasteiger charge is 2.36. The van der Waals surface area contributed by atoms with Crippen molar-refractivity contribution in [2.75, 3.05) is 41.1 Å². The predicted molar refractivity (Wildman–Crippen MR) is 144 cm³/mol. The molecule has 3 N–H and O–H groups in total. The molecule has 3 heterocycles. The molecule has 10 heteroatoms. The standard InChI is InChI=1S/C26H29N7O2S/c1-18-2-5-22(16-24(18)31-36(34,35)23-8-9-23)33-13-10-19-17-28-26(30-25(19)33)29-20-3-6-21(7-4-20)32-14-11-27-12-15-32/h2-7,10,13,16-17,23,27,31H,8-9,11-12,14-15H2,1H3,(H,28,29,30). The molecule has 0 amide bonds. The lowest BCUT2D eigenvalue weighted by Crippen LogP contribution is -2.43. The molecule has 2 fully saturated rings. The summed E-state index contributed by atoms with van der Waals surface area (Å²) in [5, 5.41) is 7.31. The zero-order valence-corrected chi connectivity index (χ0v) is 20.9. The monoisotopic (exact) mass is 503 g/mol. The van der Waals surface area contributed by atoms with Gasteiger partial charge in [0.1, 0.15) is 5.65 Å². The summed E-state index contributed by atoms with van der Waals surface area (Å²) in [7, 11) is -3.34. The van der Waals surface area contributed by atoms with Crippen molar-refractivity contribution in [1.82, 2.24) is 19.9 Å². The molecule has 2 aromatic carbocycles. The van der Waals surface area contributed by atoms with E-state index in [4.69, 9.17) is 4.98 Å². The molecule has 1 saturated heterocycles. The van der Waals surface area contributed by atoms with E-state index in [2.05, 4.69) is 37.4 Å². The van der Waals surface area contributed by atoms with E-state index < -0.39 is 10.0 Å². The van der Waals surface area contributed by atoms with Gasteiger partial charge in [-0.25, -0.2) is 13.4 Å². The van der Waals surface area contributed by atoms with Gasteiger partial charge in [-0.2, -0.15) is 4.98 Å². The van der Waals surface area contributed by atoms with Gasteiger partial charge in [0.15, 0.2) is 0 Å². The second-order valence-corrected chi connectivity index (χ2v) is 11.4. The van der Waals surface area contributed by atoms with Gasteiger partial charge < -0.3 is 20.1 Å². The fourth-order valence-electron chi connectivity index (χ4n) is 4.48. The molecule has 186 valence electrons. The van der Waals surface area contributed by atoms with Crippen LogP contribution < -0.4 is 20.3 Å². The molecule has 0 atom stereocenters. The van der Waals surface area contributed by atoms with Gasteiger partial charge in [-0.15, -0.1) is 0 Å². The number of nitrogens with one attached hydrogen (secondary N) is 3. The SMILES string of the molecule is Cc1ccc(-n2ccc3cnc(Nc4ccc(N5CCNCC5)cc4)nc32)cc1NS(=O)(=O)C1CC1. The van der Waals surface area contributed by atoms with Crippen LogP contribution >= 0.6 is 0 Å². The molecular formula is C26H29N7O2S. The zero-order chi connectivity index (χ0) is 24.7. The van der Waals surface area contributed by atoms with Gasteiger partial charge in [-0.3, -0.25) is 4.72 Å². The average Bonchev–Trinajstić information content (AvgIpc) is 3.68. The Labute approximate surface area is 210 Å². The molecule has 1 aliphatic carbocycles. The lowest BCUT2D eigenvalue weighted by Gasteiger charge is -2.29. The number of hydrogen-bond acceptors (Lipinski definition) is 7. The second kappa shape index (κ2) is 9.11. The van der Waals surface area contributed by atoms with Gasteiger partial charge in [0.25, 0.3) is 0 Å². The summed E-state index contributed by atoms with van der Waals surface area (Å²) in [4.78, 5) is 11.6. The molecule has 6 rings (SSSR count). The van der Waals surface area contributed by atoms with Crippen molar-refractivity contribution < 1.29 is 8.42 Å². The molecule has 9 nitrogen and oxygen atoms in total. The van der Waals surface area contributed by atoms with E-state index in [9.17, 15) is 8.42 Å². The number of aromatic nitrogens is 3. The van der Waals surface area contributed by atoms with E-state index >= 15 is 0 Å². The van der Waals surface area contributed by atoms with Crippen LogP contribution in [0.25, 0.3) is 16.7 Å². The molecule has 0 unspecified atom stereocenters. The maximum absolute atomic E-state index is 12.5. The molecule has 1 aliphatic heterocycles. The van der Waals surface area contributed by atoms with Crippen molar-refractivity contribution in [3.05, 3.63) is 66.5 Å². The molecule has 0 bridgehead atoms. The Morgan fingerprint density at radius 1 is 1.00 bits per heavy atom. The Morgan fingerprint density at radius 3 is 2.50 bits per heavy atom. The lowest BCUT2D eigenvalue weighted by atomic mass is 10.2. The lowest BCUT2D eigenvalue weighted by molar-refractivity contribution is 0.589. The zero-order valence-electron chi connectivity index (χ0n) is 20.1. The normalized spacial score (nSPS) is 16.3. The van der Waals surface area contributed by atoms with Crippen molar-refractivity contribution in [3.63, 3.8) is 0 Å². The predicted octanol–water partition coefficient (Wildman–Crippen LogP) is 3.79. The van der Waals surface area contributed by atoms with Crippen molar-refractivity contribution in [2.45, 2.75) is 25.0 Å². The van der Waals surface area contributed by atoms with Crippen LogP contribution in [0.2, 0.25) is 0 Å². The number of nitrogens with zero attached hydrogens (tertiary/aromatic N) is 4. The fraction of sp³-hybridized carbons (Fsp3) is 0.308. The van der Waals surface area contributed by atoms with E-state index in [0.717, 1.165) is 67.0 Å². The topological polar surface area (TPSA) is 104 Å². The van der Waals surface area contributed by atoms with E-state index in [1.807, 2.05) is 54.1 Å². The van der Waals surface area contributed by atoms with Crippen LogP contribution in [-0.2, 0) is 10.0 Å². The number of rotatable bonds is 7. The Hall–Kier alpha value is -3.63. The van der Waals surface area contributed by atoms with E-state index in [1.54, 1.807) is 6.20 Å². The van der Waals surface area contributed by atoms with Crippen molar-refractivity contribution >= 4 is 44.1 Å². The van der Waals surface area contributed by atoms with Gasteiger partial charge in [-0.1, -0.05) is 6.07 Å². The fourth-order valence-corrected chi connectivity index (χ4v) is 5.93. The van der Waals surface area contributed by atoms with Crippen LogP contribution in [0.15, 0.2) is 60.9 Å². The molecule has 2 aromatic heterocycles. The summed E-state index contributed by atoms with van der Waals surface area (Å²) in [6.07, 6.45) is 5.17. The van der Waals surface area contributed by atoms with Crippen LogP contribution in [-0.4, -0.2) is 54.4 Å². The highest BCUT2D eigenvalue weighted by Crippen LogP contribution is 2.32. The number of aryl methyl sites for hydroxylation is 1. The van der Waals surface area contributed by atoms with Crippen LogP contribution in [0, 0.1) is 6.92 Å². The van der Waals surface area contributed by atoms with Gasteiger partial charge in [0, 0.05) is 61.0 Å². The van der Waals surface area contributed by atoms with Gasteiger partial charge >= 0.3 is 0 Å². The first-order valence-electron chi connectivity index (χ1n) is 12.3.